The molecule has 0 radical (unpaired) electrons. The monoisotopic (exact) mass is 267 g/mol. The van der Waals surface area contributed by atoms with Gasteiger partial charge in [0.1, 0.15) is 0 Å². The van der Waals surface area contributed by atoms with E-state index in [4.69, 9.17) is 9.84 Å². The first-order valence-corrected chi connectivity index (χ1v) is 5.86. The standard InChI is InChI=1S/C11H18FNO3.ClH/c12-11(10(14)15)3-5-13(6-4-11)9-1-7-16-8-2-9;/h9H,1-8H2,(H,14,15);1H. The second-order valence-electron chi connectivity index (χ2n) is 4.65. The van der Waals surface area contributed by atoms with Gasteiger partial charge in [-0.25, -0.2) is 9.18 Å². The van der Waals surface area contributed by atoms with Crippen molar-refractivity contribution in [3.63, 3.8) is 0 Å². The van der Waals surface area contributed by atoms with Crippen molar-refractivity contribution in [2.24, 2.45) is 0 Å². The van der Waals surface area contributed by atoms with Gasteiger partial charge in [-0.15, -0.1) is 12.4 Å². The minimum atomic E-state index is -2.00. The van der Waals surface area contributed by atoms with Crippen molar-refractivity contribution in [3.05, 3.63) is 0 Å². The van der Waals surface area contributed by atoms with Gasteiger partial charge in [0.05, 0.1) is 0 Å². The lowest BCUT2D eigenvalue weighted by atomic mass is 9.91. The molecule has 0 saturated carbocycles. The molecule has 0 atom stereocenters. The first-order chi connectivity index (χ1) is 7.62. The number of ether oxygens (including phenoxy) is 1. The van der Waals surface area contributed by atoms with E-state index < -0.39 is 11.6 Å². The van der Waals surface area contributed by atoms with Gasteiger partial charge in [0, 0.05) is 45.2 Å². The van der Waals surface area contributed by atoms with Gasteiger partial charge in [-0.3, -0.25) is 4.90 Å². The molecule has 0 bridgehead atoms. The highest BCUT2D eigenvalue weighted by atomic mass is 35.5. The number of alkyl halides is 1. The highest BCUT2D eigenvalue weighted by Gasteiger charge is 2.42. The van der Waals surface area contributed by atoms with Gasteiger partial charge in [0.2, 0.25) is 5.67 Å². The molecular formula is C11H19ClFNO3. The van der Waals surface area contributed by atoms with Crippen LogP contribution in [0.1, 0.15) is 25.7 Å². The number of hydrogen-bond acceptors (Lipinski definition) is 3. The van der Waals surface area contributed by atoms with Gasteiger partial charge in [-0.1, -0.05) is 0 Å². The third-order valence-electron chi connectivity index (χ3n) is 3.68. The number of carboxylic acid groups (broad SMARTS) is 1. The van der Waals surface area contributed by atoms with Crippen LogP contribution in [-0.2, 0) is 9.53 Å². The molecule has 0 spiro atoms. The van der Waals surface area contributed by atoms with Crippen molar-refractivity contribution in [2.75, 3.05) is 26.3 Å². The Morgan fingerprint density at radius 2 is 1.82 bits per heavy atom. The Balaban J connectivity index is 0.00000144. The van der Waals surface area contributed by atoms with Gasteiger partial charge in [-0.2, -0.15) is 0 Å². The molecule has 100 valence electrons. The van der Waals surface area contributed by atoms with Crippen LogP contribution in [-0.4, -0.2) is 54.0 Å². The second kappa shape index (κ2) is 5.98. The van der Waals surface area contributed by atoms with E-state index in [1.165, 1.54) is 0 Å². The predicted octanol–water partition coefficient (Wildman–Crippen LogP) is 1.48. The maximum atomic E-state index is 13.8. The molecule has 2 aliphatic heterocycles. The predicted molar refractivity (Wildman–Crippen MR) is 63.4 cm³/mol. The number of halogens is 2. The SMILES string of the molecule is Cl.O=C(O)C1(F)CCN(C2CCOCC2)CC1. The Bertz CT molecular complexity index is 263. The molecule has 0 aromatic rings. The molecule has 0 unspecified atom stereocenters. The summed E-state index contributed by atoms with van der Waals surface area (Å²) in [5.41, 5.74) is -2.00. The first kappa shape index (κ1) is 14.7. The van der Waals surface area contributed by atoms with E-state index in [0.29, 0.717) is 19.1 Å². The first-order valence-electron chi connectivity index (χ1n) is 5.86. The lowest BCUT2D eigenvalue weighted by Crippen LogP contribution is -2.50. The summed E-state index contributed by atoms with van der Waals surface area (Å²) in [5.74, 6) is -1.31. The van der Waals surface area contributed by atoms with E-state index in [1.807, 2.05) is 0 Å². The molecule has 0 aliphatic carbocycles. The van der Waals surface area contributed by atoms with Gasteiger partial charge < -0.3 is 9.84 Å². The maximum Gasteiger partial charge on any atom is 0.341 e. The summed E-state index contributed by atoms with van der Waals surface area (Å²) in [6.07, 6.45) is 2.18. The fourth-order valence-electron chi connectivity index (χ4n) is 2.51. The molecule has 2 fully saturated rings. The molecular weight excluding hydrogens is 249 g/mol. The van der Waals surface area contributed by atoms with Crippen molar-refractivity contribution in [1.82, 2.24) is 4.90 Å². The lowest BCUT2D eigenvalue weighted by molar-refractivity contribution is -0.155. The zero-order valence-corrected chi connectivity index (χ0v) is 10.5. The smallest absolute Gasteiger partial charge is 0.341 e. The minimum absolute atomic E-state index is 0. The lowest BCUT2D eigenvalue weighted by Gasteiger charge is -2.40. The third-order valence-corrected chi connectivity index (χ3v) is 3.68. The van der Waals surface area contributed by atoms with Gasteiger partial charge in [0.25, 0.3) is 0 Å². The van der Waals surface area contributed by atoms with Crippen LogP contribution >= 0.6 is 12.4 Å². The average molecular weight is 268 g/mol. The summed E-state index contributed by atoms with van der Waals surface area (Å²) >= 11 is 0. The summed E-state index contributed by atoms with van der Waals surface area (Å²) < 4.78 is 19.1. The molecule has 6 heteroatoms. The van der Waals surface area contributed by atoms with Crippen molar-refractivity contribution in [3.8, 4) is 0 Å². The zero-order chi connectivity index (χ0) is 11.6. The summed E-state index contributed by atoms with van der Waals surface area (Å²) in [4.78, 5) is 13.0. The second-order valence-corrected chi connectivity index (χ2v) is 4.65. The molecule has 1 N–H and O–H groups in total. The Morgan fingerprint density at radius 1 is 1.29 bits per heavy atom. The fraction of sp³-hybridized carbons (Fsp3) is 0.909. The van der Waals surface area contributed by atoms with Gasteiger partial charge in [0.15, 0.2) is 0 Å². The van der Waals surface area contributed by atoms with Crippen LogP contribution in [0.5, 0.6) is 0 Å². The molecule has 2 aliphatic rings. The van der Waals surface area contributed by atoms with Crippen molar-refractivity contribution < 1.29 is 19.0 Å². The van der Waals surface area contributed by atoms with Crippen LogP contribution in [0.15, 0.2) is 0 Å². The average Bonchev–Trinajstić information content (AvgIpc) is 2.31. The van der Waals surface area contributed by atoms with Crippen LogP contribution < -0.4 is 0 Å². The number of hydrogen-bond donors (Lipinski definition) is 1. The van der Waals surface area contributed by atoms with Gasteiger partial charge >= 0.3 is 5.97 Å². The molecule has 4 nitrogen and oxygen atoms in total. The number of piperidine rings is 1. The Labute approximate surface area is 107 Å². The van der Waals surface area contributed by atoms with E-state index in [0.717, 1.165) is 26.1 Å². The van der Waals surface area contributed by atoms with Crippen LogP contribution in [0.2, 0.25) is 0 Å². The summed E-state index contributed by atoms with van der Waals surface area (Å²) in [7, 11) is 0. The topological polar surface area (TPSA) is 49.8 Å². The van der Waals surface area contributed by atoms with Crippen molar-refractivity contribution in [1.29, 1.82) is 0 Å². The number of nitrogens with zero attached hydrogens (tertiary/aromatic N) is 1. The minimum Gasteiger partial charge on any atom is -0.479 e. The van der Waals surface area contributed by atoms with Crippen LogP contribution in [0, 0.1) is 0 Å². The maximum absolute atomic E-state index is 13.8. The highest BCUT2D eigenvalue weighted by Crippen LogP contribution is 2.29. The number of carboxylic acids is 1. The van der Waals surface area contributed by atoms with Crippen LogP contribution in [0.3, 0.4) is 0 Å². The number of aliphatic carboxylic acids is 1. The highest BCUT2D eigenvalue weighted by molar-refractivity contribution is 5.85. The number of carbonyl (C=O) groups is 1. The third kappa shape index (κ3) is 3.30. The van der Waals surface area contributed by atoms with Crippen LogP contribution in [0.25, 0.3) is 0 Å². The summed E-state index contributed by atoms with van der Waals surface area (Å²) in [5, 5.41) is 8.78. The molecule has 0 aromatic heterocycles. The Hall–Kier alpha value is -0.390. The number of likely N-dealkylation sites (tertiary alicyclic amines) is 1. The van der Waals surface area contributed by atoms with E-state index in [1.54, 1.807) is 0 Å². The zero-order valence-electron chi connectivity index (χ0n) is 9.73. The van der Waals surface area contributed by atoms with Crippen molar-refractivity contribution >= 4 is 18.4 Å². The van der Waals surface area contributed by atoms with E-state index in [9.17, 15) is 9.18 Å². The Morgan fingerprint density at radius 3 is 2.29 bits per heavy atom. The van der Waals surface area contributed by atoms with E-state index in [2.05, 4.69) is 4.90 Å². The Kier molecular flexibility index (Phi) is 5.16. The summed E-state index contributed by atoms with van der Waals surface area (Å²) in [6.45, 7) is 2.63. The molecule has 17 heavy (non-hydrogen) atoms. The van der Waals surface area contributed by atoms with Crippen LogP contribution in [0.4, 0.5) is 4.39 Å². The molecule has 0 amide bonds. The van der Waals surface area contributed by atoms with Crippen molar-refractivity contribution in [2.45, 2.75) is 37.4 Å². The van der Waals surface area contributed by atoms with Gasteiger partial charge in [-0.05, 0) is 12.8 Å². The van der Waals surface area contributed by atoms with E-state index >= 15 is 0 Å². The number of rotatable bonds is 2. The quantitative estimate of drug-likeness (QED) is 0.823. The molecule has 0 aromatic carbocycles. The largest absolute Gasteiger partial charge is 0.479 e. The molecule has 2 heterocycles. The normalized spacial score (nSPS) is 26.2. The fourth-order valence-corrected chi connectivity index (χ4v) is 2.51. The molecule has 2 rings (SSSR count). The summed E-state index contributed by atoms with van der Waals surface area (Å²) in [6, 6.07) is 0.451. The molecule has 2 saturated heterocycles. The van der Waals surface area contributed by atoms with E-state index in [-0.39, 0.29) is 25.2 Å².